The van der Waals surface area contributed by atoms with Crippen LogP contribution in [0.15, 0.2) is 12.1 Å². The molecule has 0 saturated carbocycles. The zero-order valence-electron chi connectivity index (χ0n) is 10.3. The van der Waals surface area contributed by atoms with Gasteiger partial charge in [-0.2, -0.15) is 0 Å². The first-order valence-corrected chi connectivity index (χ1v) is 5.29. The van der Waals surface area contributed by atoms with Crippen molar-refractivity contribution in [1.29, 1.82) is 0 Å². The molecule has 0 fully saturated rings. The largest absolute Gasteiger partial charge is 0.497 e. The number of Topliss-reactive ketones (excluding diaryl/α,β-unsaturated/α-hetero) is 1. The van der Waals surface area contributed by atoms with Crippen molar-refractivity contribution in [2.45, 2.75) is 26.7 Å². The second-order valence-corrected chi connectivity index (χ2v) is 3.83. The zero-order valence-corrected chi connectivity index (χ0v) is 10.3. The van der Waals surface area contributed by atoms with Gasteiger partial charge < -0.3 is 14.3 Å². The van der Waals surface area contributed by atoms with Gasteiger partial charge in [-0.25, -0.2) is 0 Å². The van der Waals surface area contributed by atoms with Crippen molar-refractivity contribution in [2.24, 2.45) is 0 Å². The van der Waals surface area contributed by atoms with Crippen LogP contribution < -0.4 is 9.47 Å². The summed E-state index contributed by atoms with van der Waals surface area (Å²) >= 11 is 0. The summed E-state index contributed by atoms with van der Waals surface area (Å²) in [6, 6.07) is 3.81. The minimum absolute atomic E-state index is 0.192. The molecule has 0 atom stereocenters. The highest BCUT2D eigenvalue weighted by Gasteiger charge is 2.10. The molecule has 0 aliphatic carbocycles. The second kappa shape index (κ2) is 5.54. The fourth-order valence-electron chi connectivity index (χ4n) is 1.67. The maximum absolute atomic E-state index is 11.0. The molecule has 0 N–H and O–H groups in total. The number of rotatable bonds is 5. The van der Waals surface area contributed by atoms with E-state index in [0.717, 1.165) is 22.6 Å². The number of ether oxygens (including phenoxy) is 2. The van der Waals surface area contributed by atoms with Gasteiger partial charge in [0.15, 0.2) is 0 Å². The van der Waals surface area contributed by atoms with Gasteiger partial charge in [0.05, 0.1) is 14.2 Å². The lowest BCUT2D eigenvalue weighted by Gasteiger charge is -2.13. The molecule has 0 saturated heterocycles. The van der Waals surface area contributed by atoms with E-state index in [0.29, 0.717) is 12.8 Å². The lowest BCUT2D eigenvalue weighted by molar-refractivity contribution is -0.116. The van der Waals surface area contributed by atoms with Gasteiger partial charge >= 0.3 is 0 Å². The number of hydrogen-bond donors (Lipinski definition) is 0. The van der Waals surface area contributed by atoms with Crippen LogP contribution in [0.5, 0.6) is 11.5 Å². The average molecular weight is 222 g/mol. The summed E-state index contributed by atoms with van der Waals surface area (Å²) in [6.07, 6.45) is 1.26. The molecule has 0 aliphatic heterocycles. The molecule has 16 heavy (non-hydrogen) atoms. The Labute approximate surface area is 96.4 Å². The van der Waals surface area contributed by atoms with Crippen LogP contribution in [-0.2, 0) is 11.2 Å². The molecule has 0 heterocycles. The third-order valence-electron chi connectivity index (χ3n) is 2.59. The van der Waals surface area contributed by atoms with E-state index >= 15 is 0 Å². The van der Waals surface area contributed by atoms with Crippen LogP contribution >= 0.6 is 0 Å². The summed E-state index contributed by atoms with van der Waals surface area (Å²) < 4.78 is 10.5. The van der Waals surface area contributed by atoms with Gasteiger partial charge in [0, 0.05) is 12.5 Å². The molecule has 3 heteroatoms. The molecule has 0 aliphatic rings. The molecule has 0 radical (unpaired) electrons. The van der Waals surface area contributed by atoms with Crippen LogP contribution in [0.2, 0.25) is 0 Å². The standard InChI is InChI=1S/C13H18O3/c1-9-7-11(15-3)8-13(16-4)12(9)6-5-10(2)14/h7-8H,5-6H2,1-4H3. The molecule has 1 aromatic carbocycles. The van der Waals surface area contributed by atoms with E-state index in [1.807, 2.05) is 19.1 Å². The number of carbonyl (C=O) groups excluding carboxylic acids is 1. The summed E-state index contributed by atoms with van der Waals surface area (Å²) in [4.78, 5) is 11.0. The molecule has 0 spiro atoms. The van der Waals surface area contributed by atoms with Crippen molar-refractivity contribution in [2.75, 3.05) is 14.2 Å². The molecule has 0 bridgehead atoms. The molecular weight excluding hydrogens is 204 g/mol. The minimum Gasteiger partial charge on any atom is -0.497 e. The van der Waals surface area contributed by atoms with Gasteiger partial charge in [0.2, 0.25) is 0 Å². The Morgan fingerprint density at radius 2 is 1.94 bits per heavy atom. The van der Waals surface area contributed by atoms with Crippen LogP contribution in [-0.4, -0.2) is 20.0 Å². The van der Waals surface area contributed by atoms with E-state index in [2.05, 4.69) is 0 Å². The Bertz CT molecular complexity index is 383. The molecular formula is C13H18O3. The van der Waals surface area contributed by atoms with Crippen molar-refractivity contribution in [3.8, 4) is 11.5 Å². The maximum atomic E-state index is 11.0. The Kier molecular flexibility index (Phi) is 4.35. The first-order valence-electron chi connectivity index (χ1n) is 5.29. The summed E-state index contributed by atoms with van der Waals surface area (Å²) in [5, 5.41) is 0. The summed E-state index contributed by atoms with van der Waals surface area (Å²) in [5.74, 6) is 1.76. The quantitative estimate of drug-likeness (QED) is 0.768. The van der Waals surface area contributed by atoms with Crippen LogP contribution in [0.3, 0.4) is 0 Å². The lowest BCUT2D eigenvalue weighted by atomic mass is 10.0. The van der Waals surface area contributed by atoms with E-state index in [9.17, 15) is 4.79 Å². The van der Waals surface area contributed by atoms with E-state index in [1.54, 1.807) is 21.1 Å². The van der Waals surface area contributed by atoms with Crippen molar-refractivity contribution in [1.82, 2.24) is 0 Å². The normalized spacial score (nSPS) is 10.0. The van der Waals surface area contributed by atoms with Gasteiger partial charge in [-0.1, -0.05) is 0 Å². The molecule has 0 aromatic heterocycles. The molecule has 88 valence electrons. The smallest absolute Gasteiger partial charge is 0.130 e. The first-order chi connectivity index (χ1) is 7.58. The number of hydrogen-bond acceptors (Lipinski definition) is 3. The summed E-state index contributed by atoms with van der Waals surface area (Å²) in [5.41, 5.74) is 2.18. The van der Waals surface area contributed by atoms with E-state index < -0.39 is 0 Å². The van der Waals surface area contributed by atoms with Gasteiger partial charge in [-0.15, -0.1) is 0 Å². The van der Waals surface area contributed by atoms with Crippen molar-refractivity contribution >= 4 is 5.78 Å². The Morgan fingerprint density at radius 1 is 1.25 bits per heavy atom. The fourth-order valence-corrected chi connectivity index (χ4v) is 1.67. The van der Waals surface area contributed by atoms with Gasteiger partial charge in [0.1, 0.15) is 17.3 Å². The lowest BCUT2D eigenvalue weighted by Crippen LogP contribution is -2.00. The zero-order chi connectivity index (χ0) is 12.1. The fraction of sp³-hybridized carbons (Fsp3) is 0.462. The van der Waals surface area contributed by atoms with Crippen LogP contribution in [0, 0.1) is 6.92 Å². The number of benzene rings is 1. The summed E-state index contributed by atoms with van der Waals surface area (Å²) in [6.45, 7) is 3.60. The highest BCUT2D eigenvalue weighted by atomic mass is 16.5. The van der Waals surface area contributed by atoms with E-state index in [4.69, 9.17) is 9.47 Å². The monoisotopic (exact) mass is 222 g/mol. The third kappa shape index (κ3) is 2.99. The molecule has 0 amide bonds. The average Bonchev–Trinajstić information content (AvgIpc) is 2.26. The Hall–Kier alpha value is -1.51. The number of aryl methyl sites for hydroxylation is 1. The molecule has 0 unspecified atom stereocenters. The van der Waals surface area contributed by atoms with E-state index in [-0.39, 0.29) is 5.78 Å². The van der Waals surface area contributed by atoms with Crippen LogP contribution in [0.1, 0.15) is 24.5 Å². The maximum Gasteiger partial charge on any atom is 0.130 e. The van der Waals surface area contributed by atoms with Crippen LogP contribution in [0.25, 0.3) is 0 Å². The Morgan fingerprint density at radius 3 is 2.44 bits per heavy atom. The van der Waals surface area contributed by atoms with Gasteiger partial charge in [-0.05, 0) is 37.5 Å². The predicted octanol–water partition coefficient (Wildman–Crippen LogP) is 2.53. The first kappa shape index (κ1) is 12.6. The van der Waals surface area contributed by atoms with Crippen molar-refractivity contribution in [3.05, 3.63) is 23.3 Å². The second-order valence-electron chi connectivity index (χ2n) is 3.83. The molecule has 1 aromatic rings. The highest BCUT2D eigenvalue weighted by Crippen LogP contribution is 2.29. The third-order valence-corrected chi connectivity index (χ3v) is 2.59. The SMILES string of the molecule is COc1cc(C)c(CCC(C)=O)c(OC)c1. The van der Waals surface area contributed by atoms with E-state index in [1.165, 1.54) is 0 Å². The predicted molar refractivity (Wildman–Crippen MR) is 63.3 cm³/mol. The molecule has 3 nitrogen and oxygen atoms in total. The number of carbonyl (C=O) groups is 1. The van der Waals surface area contributed by atoms with Crippen molar-refractivity contribution in [3.63, 3.8) is 0 Å². The topological polar surface area (TPSA) is 35.5 Å². The van der Waals surface area contributed by atoms with Crippen LogP contribution in [0.4, 0.5) is 0 Å². The highest BCUT2D eigenvalue weighted by molar-refractivity contribution is 5.75. The van der Waals surface area contributed by atoms with Crippen molar-refractivity contribution < 1.29 is 14.3 Å². The summed E-state index contributed by atoms with van der Waals surface area (Å²) in [7, 11) is 3.26. The minimum atomic E-state index is 0.192. The number of ketones is 1. The molecule has 1 rings (SSSR count). The number of methoxy groups -OCH3 is 2. The Balaban J connectivity index is 3.01. The van der Waals surface area contributed by atoms with Gasteiger partial charge in [-0.3, -0.25) is 0 Å². The van der Waals surface area contributed by atoms with Gasteiger partial charge in [0.25, 0.3) is 0 Å².